The molecule has 4 heteroatoms. The summed E-state index contributed by atoms with van der Waals surface area (Å²) in [5.74, 6) is -0.336. The Morgan fingerprint density at radius 1 is 1.30 bits per heavy atom. The van der Waals surface area contributed by atoms with E-state index in [1.165, 1.54) is 0 Å². The third-order valence-electron chi connectivity index (χ3n) is 3.77. The fourth-order valence-corrected chi connectivity index (χ4v) is 2.68. The van der Waals surface area contributed by atoms with E-state index in [-0.39, 0.29) is 11.3 Å². The van der Waals surface area contributed by atoms with Crippen LogP contribution in [0.4, 0.5) is 0 Å². The first kappa shape index (κ1) is 15.0. The van der Waals surface area contributed by atoms with Crippen molar-refractivity contribution in [3.8, 4) is 0 Å². The Kier molecular flexibility index (Phi) is 4.45. The van der Waals surface area contributed by atoms with Gasteiger partial charge in [-0.1, -0.05) is 32.9 Å². The topological polar surface area (TPSA) is 58.4 Å². The molecule has 0 radical (unpaired) electrons. The lowest BCUT2D eigenvalue weighted by atomic mass is 9.83. The molecule has 0 aromatic heterocycles. The number of carbonyl (C=O) groups excluding carboxylic acids is 1. The SMILES string of the molecule is CC(C)(C)c1ccc(CN2CCNCC2)cc1C(N)=O. The monoisotopic (exact) mass is 275 g/mol. The molecule has 1 aliphatic rings. The van der Waals surface area contributed by atoms with Crippen LogP contribution in [0.1, 0.15) is 42.3 Å². The summed E-state index contributed by atoms with van der Waals surface area (Å²) in [5.41, 5.74) is 8.32. The van der Waals surface area contributed by atoms with Gasteiger partial charge in [-0.05, 0) is 22.6 Å². The molecule has 1 aliphatic heterocycles. The Morgan fingerprint density at radius 3 is 2.50 bits per heavy atom. The standard InChI is InChI=1S/C16H25N3O/c1-16(2,3)14-5-4-12(10-13(14)15(17)20)11-19-8-6-18-7-9-19/h4-5,10,18H,6-9,11H2,1-3H3,(H2,17,20). The van der Waals surface area contributed by atoms with Crippen molar-refractivity contribution >= 4 is 5.91 Å². The van der Waals surface area contributed by atoms with Crippen molar-refractivity contribution in [2.24, 2.45) is 5.73 Å². The molecule has 1 amide bonds. The second kappa shape index (κ2) is 5.94. The molecule has 3 N–H and O–H groups in total. The van der Waals surface area contributed by atoms with Crippen LogP contribution in [-0.2, 0) is 12.0 Å². The number of nitrogens with two attached hydrogens (primary N) is 1. The highest BCUT2D eigenvalue weighted by atomic mass is 16.1. The minimum absolute atomic E-state index is 0.0715. The van der Waals surface area contributed by atoms with Crippen LogP contribution >= 0.6 is 0 Å². The lowest BCUT2D eigenvalue weighted by Crippen LogP contribution is -2.42. The zero-order valence-corrected chi connectivity index (χ0v) is 12.7. The predicted octanol–water partition coefficient (Wildman–Crippen LogP) is 1.49. The van der Waals surface area contributed by atoms with E-state index in [2.05, 4.69) is 43.1 Å². The second-order valence-electron chi connectivity index (χ2n) is 6.52. The average Bonchev–Trinajstić information content (AvgIpc) is 2.38. The maximum Gasteiger partial charge on any atom is 0.249 e. The van der Waals surface area contributed by atoms with E-state index in [0.717, 1.165) is 43.9 Å². The number of hydrogen-bond donors (Lipinski definition) is 2. The van der Waals surface area contributed by atoms with Crippen molar-refractivity contribution in [3.63, 3.8) is 0 Å². The highest BCUT2D eigenvalue weighted by Gasteiger charge is 2.21. The van der Waals surface area contributed by atoms with Gasteiger partial charge in [0.15, 0.2) is 0 Å². The van der Waals surface area contributed by atoms with E-state index >= 15 is 0 Å². The summed E-state index contributed by atoms with van der Waals surface area (Å²) in [7, 11) is 0. The molecule has 1 aromatic rings. The number of nitrogens with one attached hydrogen (secondary N) is 1. The van der Waals surface area contributed by atoms with Crippen molar-refractivity contribution < 1.29 is 4.79 Å². The van der Waals surface area contributed by atoms with Crippen LogP contribution in [0, 0.1) is 0 Å². The molecule has 1 heterocycles. The molecule has 0 bridgehead atoms. The van der Waals surface area contributed by atoms with Gasteiger partial charge in [0.2, 0.25) is 5.91 Å². The third kappa shape index (κ3) is 3.58. The van der Waals surface area contributed by atoms with Gasteiger partial charge in [-0.3, -0.25) is 9.69 Å². The van der Waals surface area contributed by atoms with Crippen LogP contribution in [0.25, 0.3) is 0 Å². The molecule has 2 rings (SSSR count). The van der Waals surface area contributed by atoms with Gasteiger partial charge in [0.25, 0.3) is 0 Å². The molecular formula is C16H25N3O. The summed E-state index contributed by atoms with van der Waals surface area (Å²) in [5, 5.41) is 3.34. The summed E-state index contributed by atoms with van der Waals surface area (Å²) >= 11 is 0. The van der Waals surface area contributed by atoms with Crippen LogP contribution in [0.5, 0.6) is 0 Å². The maximum absolute atomic E-state index is 11.7. The summed E-state index contributed by atoms with van der Waals surface area (Å²) in [6.07, 6.45) is 0. The van der Waals surface area contributed by atoms with Crippen LogP contribution < -0.4 is 11.1 Å². The highest BCUT2D eigenvalue weighted by molar-refractivity contribution is 5.94. The fourth-order valence-electron chi connectivity index (χ4n) is 2.68. The Hall–Kier alpha value is -1.39. The third-order valence-corrected chi connectivity index (χ3v) is 3.77. The van der Waals surface area contributed by atoms with E-state index in [4.69, 9.17) is 5.73 Å². The summed E-state index contributed by atoms with van der Waals surface area (Å²) in [6, 6.07) is 6.14. The lowest BCUT2D eigenvalue weighted by molar-refractivity contribution is 0.0998. The lowest BCUT2D eigenvalue weighted by Gasteiger charge is -2.28. The number of benzene rings is 1. The first-order valence-corrected chi connectivity index (χ1v) is 7.24. The Morgan fingerprint density at radius 2 is 1.95 bits per heavy atom. The van der Waals surface area contributed by atoms with Gasteiger partial charge in [-0.2, -0.15) is 0 Å². The van der Waals surface area contributed by atoms with Gasteiger partial charge >= 0.3 is 0 Å². The van der Waals surface area contributed by atoms with E-state index in [0.29, 0.717) is 5.56 Å². The molecule has 0 atom stereocenters. The van der Waals surface area contributed by atoms with Gasteiger partial charge in [-0.25, -0.2) is 0 Å². The number of rotatable bonds is 3. The molecule has 20 heavy (non-hydrogen) atoms. The van der Waals surface area contributed by atoms with Crippen LogP contribution in [-0.4, -0.2) is 37.0 Å². The van der Waals surface area contributed by atoms with Crippen LogP contribution in [0.15, 0.2) is 18.2 Å². The molecular weight excluding hydrogens is 250 g/mol. The van der Waals surface area contributed by atoms with E-state index < -0.39 is 0 Å². The van der Waals surface area contributed by atoms with Gasteiger partial charge in [0.1, 0.15) is 0 Å². The zero-order chi connectivity index (χ0) is 14.8. The number of piperazine rings is 1. The number of hydrogen-bond acceptors (Lipinski definition) is 3. The summed E-state index contributed by atoms with van der Waals surface area (Å²) < 4.78 is 0. The Labute approximate surface area is 121 Å². The fraction of sp³-hybridized carbons (Fsp3) is 0.562. The molecule has 1 aromatic carbocycles. The van der Waals surface area contributed by atoms with Gasteiger partial charge < -0.3 is 11.1 Å². The quantitative estimate of drug-likeness (QED) is 0.878. The van der Waals surface area contributed by atoms with Gasteiger partial charge in [0.05, 0.1) is 0 Å². The highest BCUT2D eigenvalue weighted by Crippen LogP contribution is 2.27. The Bertz CT molecular complexity index is 485. The Balaban J connectivity index is 2.23. The number of amides is 1. The number of nitrogens with zero attached hydrogens (tertiary/aromatic N) is 1. The van der Waals surface area contributed by atoms with Crippen molar-refractivity contribution in [1.29, 1.82) is 0 Å². The molecule has 0 spiro atoms. The number of carbonyl (C=O) groups is 1. The van der Waals surface area contributed by atoms with Gasteiger partial charge in [-0.15, -0.1) is 0 Å². The van der Waals surface area contributed by atoms with Crippen molar-refractivity contribution in [3.05, 3.63) is 34.9 Å². The molecule has 0 saturated carbocycles. The smallest absolute Gasteiger partial charge is 0.249 e. The minimum Gasteiger partial charge on any atom is -0.366 e. The predicted molar refractivity (Wildman–Crippen MR) is 81.8 cm³/mol. The molecule has 0 aliphatic carbocycles. The summed E-state index contributed by atoms with van der Waals surface area (Å²) in [4.78, 5) is 14.1. The normalized spacial score (nSPS) is 17.1. The first-order valence-electron chi connectivity index (χ1n) is 7.24. The van der Waals surface area contributed by atoms with Crippen molar-refractivity contribution in [2.45, 2.75) is 32.7 Å². The number of primary amides is 1. The largest absolute Gasteiger partial charge is 0.366 e. The molecule has 1 fully saturated rings. The first-order chi connectivity index (χ1) is 9.38. The van der Waals surface area contributed by atoms with Crippen LogP contribution in [0.3, 0.4) is 0 Å². The zero-order valence-electron chi connectivity index (χ0n) is 12.7. The van der Waals surface area contributed by atoms with E-state index in [9.17, 15) is 4.79 Å². The molecule has 0 unspecified atom stereocenters. The van der Waals surface area contributed by atoms with E-state index in [1.807, 2.05) is 6.07 Å². The molecule has 1 saturated heterocycles. The molecule has 110 valence electrons. The van der Waals surface area contributed by atoms with E-state index in [1.54, 1.807) is 0 Å². The van der Waals surface area contributed by atoms with Crippen molar-refractivity contribution in [1.82, 2.24) is 10.2 Å². The van der Waals surface area contributed by atoms with Crippen molar-refractivity contribution in [2.75, 3.05) is 26.2 Å². The van der Waals surface area contributed by atoms with Crippen LogP contribution in [0.2, 0.25) is 0 Å². The van der Waals surface area contributed by atoms with Gasteiger partial charge in [0, 0.05) is 38.3 Å². The summed E-state index contributed by atoms with van der Waals surface area (Å²) in [6.45, 7) is 11.3. The molecule has 4 nitrogen and oxygen atoms in total. The second-order valence-corrected chi connectivity index (χ2v) is 6.52. The average molecular weight is 275 g/mol. The maximum atomic E-state index is 11.7. The minimum atomic E-state index is -0.336.